The van der Waals surface area contributed by atoms with Gasteiger partial charge in [0.1, 0.15) is 5.78 Å². The zero-order valence-corrected chi connectivity index (χ0v) is 14.3. The average Bonchev–Trinajstić information content (AvgIpc) is 2.51. The Bertz CT molecular complexity index is 530. The summed E-state index contributed by atoms with van der Waals surface area (Å²) in [5.41, 5.74) is 1.37. The third-order valence-electron chi connectivity index (χ3n) is 7.31. The summed E-state index contributed by atoms with van der Waals surface area (Å²) < 4.78 is 0. The van der Waals surface area contributed by atoms with Crippen LogP contribution in [0, 0.1) is 28.1 Å². The summed E-state index contributed by atoms with van der Waals surface area (Å²) in [6.45, 7) is 10.9. The van der Waals surface area contributed by atoms with Crippen molar-refractivity contribution in [2.24, 2.45) is 28.1 Å². The van der Waals surface area contributed by atoms with E-state index in [0.29, 0.717) is 17.6 Å². The number of ketones is 1. The van der Waals surface area contributed by atoms with Crippen molar-refractivity contribution in [2.75, 3.05) is 6.61 Å². The fourth-order valence-electron chi connectivity index (χ4n) is 5.81. The highest BCUT2D eigenvalue weighted by Crippen LogP contribution is 2.62. The zero-order chi connectivity index (χ0) is 16.2. The van der Waals surface area contributed by atoms with E-state index in [0.717, 1.165) is 38.5 Å². The molecule has 4 atom stereocenters. The largest absolute Gasteiger partial charge is 0.395 e. The summed E-state index contributed by atoms with van der Waals surface area (Å²) in [6.07, 6.45) is 10.3. The third-order valence-corrected chi connectivity index (χ3v) is 7.31. The molecule has 0 aromatic rings. The summed E-state index contributed by atoms with van der Waals surface area (Å²) in [5, 5.41) is 9.79. The lowest BCUT2D eigenvalue weighted by Gasteiger charge is -2.58. The van der Waals surface area contributed by atoms with Crippen molar-refractivity contribution in [1.29, 1.82) is 0 Å². The van der Waals surface area contributed by atoms with Gasteiger partial charge in [-0.1, -0.05) is 38.5 Å². The van der Waals surface area contributed by atoms with E-state index >= 15 is 0 Å². The lowest BCUT2D eigenvalue weighted by atomic mass is 9.45. The molecule has 0 amide bonds. The second kappa shape index (κ2) is 5.06. The molecule has 0 saturated heterocycles. The molecule has 2 heteroatoms. The third kappa shape index (κ3) is 2.06. The summed E-state index contributed by atoms with van der Waals surface area (Å²) >= 11 is 0. The molecule has 0 spiro atoms. The zero-order valence-electron chi connectivity index (χ0n) is 14.3. The van der Waals surface area contributed by atoms with Crippen molar-refractivity contribution in [3.8, 4) is 0 Å². The van der Waals surface area contributed by atoms with Crippen LogP contribution in [0.3, 0.4) is 0 Å². The van der Waals surface area contributed by atoms with Gasteiger partial charge >= 0.3 is 0 Å². The van der Waals surface area contributed by atoms with Crippen LogP contribution >= 0.6 is 0 Å². The van der Waals surface area contributed by atoms with E-state index in [1.807, 2.05) is 6.08 Å². The van der Waals surface area contributed by atoms with Gasteiger partial charge in [-0.25, -0.2) is 0 Å². The number of carbonyl (C=O) groups is 1. The maximum atomic E-state index is 12.4. The van der Waals surface area contributed by atoms with E-state index in [4.69, 9.17) is 0 Å². The van der Waals surface area contributed by atoms with Crippen LogP contribution in [0.25, 0.3) is 0 Å². The fourth-order valence-corrected chi connectivity index (χ4v) is 5.81. The molecule has 3 rings (SSSR count). The number of allylic oxidation sites excluding steroid dienone is 1. The Morgan fingerprint density at radius 1 is 1.27 bits per heavy atom. The molecule has 2 nitrogen and oxygen atoms in total. The summed E-state index contributed by atoms with van der Waals surface area (Å²) in [7, 11) is 0. The molecule has 3 aliphatic carbocycles. The SMILES string of the molecule is C=C[C@]1(CO)C=C2CC[C@@H]3C(C)(C)C(=O)CC[C@@]3(C)[C@@H]2CC1. The smallest absolute Gasteiger partial charge is 0.138 e. The highest BCUT2D eigenvalue weighted by atomic mass is 16.3. The molecule has 0 aliphatic heterocycles. The maximum Gasteiger partial charge on any atom is 0.138 e. The van der Waals surface area contributed by atoms with Crippen molar-refractivity contribution in [3.05, 3.63) is 24.3 Å². The van der Waals surface area contributed by atoms with Crippen LogP contribution in [0.1, 0.15) is 59.3 Å². The summed E-state index contributed by atoms with van der Waals surface area (Å²) in [5.74, 6) is 1.53. The van der Waals surface area contributed by atoms with Crippen LogP contribution in [-0.2, 0) is 4.79 Å². The predicted molar refractivity (Wildman–Crippen MR) is 89.4 cm³/mol. The van der Waals surface area contributed by atoms with E-state index in [2.05, 4.69) is 33.4 Å². The predicted octanol–water partition coefficient (Wildman–Crippen LogP) is 4.29. The Balaban J connectivity index is 1.98. The van der Waals surface area contributed by atoms with Crippen molar-refractivity contribution in [1.82, 2.24) is 0 Å². The number of aliphatic hydroxyl groups is 1. The first-order valence-electron chi connectivity index (χ1n) is 8.78. The van der Waals surface area contributed by atoms with Crippen LogP contribution in [-0.4, -0.2) is 17.5 Å². The van der Waals surface area contributed by atoms with Crippen LogP contribution in [0.2, 0.25) is 0 Å². The van der Waals surface area contributed by atoms with E-state index in [1.54, 1.807) is 0 Å². The first kappa shape index (κ1) is 16.0. The molecule has 0 radical (unpaired) electrons. The molecule has 0 unspecified atom stereocenters. The second-order valence-electron chi connectivity index (χ2n) is 8.65. The van der Waals surface area contributed by atoms with Crippen LogP contribution in [0.15, 0.2) is 24.3 Å². The molecule has 3 aliphatic rings. The van der Waals surface area contributed by atoms with Gasteiger partial charge < -0.3 is 5.11 Å². The number of carbonyl (C=O) groups excluding carboxylic acids is 1. The highest BCUT2D eigenvalue weighted by Gasteiger charge is 2.57. The molecule has 22 heavy (non-hydrogen) atoms. The number of rotatable bonds is 2. The van der Waals surface area contributed by atoms with Gasteiger partial charge in [0.15, 0.2) is 0 Å². The average molecular weight is 302 g/mol. The van der Waals surface area contributed by atoms with Crippen molar-refractivity contribution in [2.45, 2.75) is 59.3 Å². The Morgan fingerprint density at radius 2 is 2.00 bits per heavy atom. The van der Waals surface area contributed by atoms with Gasteiger partial charge in [-0.05, 0) is 49.4 Å². The van der Waals surface area contributed by atoms with Gasteiger partial charge in [0.25, 0.3) is 0 Å². The minimum atomic E-state index is -0.213. The Hall–Kier alpha value is -0.890. The maximum absolute atomic E-state index is 12.4. The van der Waals surface area contributed by atoms with E-state index in [9.17, 15) is 9.90 Å². The highest BCUT2D eigenvalue weighted by molar-refractivity contribution is 5.85. The van der Waals surface area contributed by atoms with Crippen molar-refractivity contribution in [3.63, 3.8) is 0 Å². The second-order valence-corrected chi connectivity index (χ2v) is 8.65. The number of hydrogen-bond donors (Lipinski definition) is 1. The molecule has 122 valence electrons. The Kier molecular flexibility index (Phi) is 3.67. The summed E-state index contributed by atoms with van der Waals surface area (Å²) in [4.78, 5) is 12.4. The lowest BCUT2D eigenvalue weighted by Crippen LogP contribution is -2.54. The van der Waals surface area contributed by atoms with Gasteiger partial charge in [0.05, 0.1) is 6.61 Å². The Labute approximate surface area is 134 Å². The van der Waals surface area contributed by atoms with E-state index in [-0.39, 0.29) is 22.9 Å². The minimum Gasteiger partial charge on any atom is -0.395 e. The first-order valence-corrected chi connectivity index (χ1v) is 8.78. The molecule has 0 bridgehead atoms. The molecule has 0 aromatic heterocycles. The van der Waals surface area contributed by atoms with E-state index in [1.165, 1.54) is 5.57 Å². The van der Waals surface area contributed by atoms with Crippen LogP contribution in [0.4, 0.5) is 0 Å². The molecule has 2 saturated carbocycles. The van der Waals surface area contributed by atoms with Gasteiger partial charge in [-0.3, -0.25) is 4.79 Å². The molecule has 0 heterocycles. The number of fused-ring (bicyclic) bond motifs is 3. The first-order chi connectivity index (χ1) is 10.3. The molecular formula is C20H30O2. The van der Waals surface area contributed by atoms with Crippen LogP contribution in [0.5, 0.6) is 0 Å². The van der Waals surface area contributed by atoms with E-state index < -0.39 is 0 Å². The standard InChI is InChI=1S/C20H30O2/c1-5-20(13-21)11-8-15-14(12-20)6-7-16-18(2,3)17(22)9-10-19(15,16)4/h5,12,15-16,21H,1,6-11,13H2,2-4H3/t15-,16-,19+,20-/m1/s1. The number of aliphatic hydroxyl groups excluding tert-OH is 1. The monoisotopic (exact) mass is 302 g/mol. The van der Waals surface area contributed by atoms with Gasteiger partial charge in [0, 0.05) is 17.3 Å². The van der Waals surface area contributed by atoms with Gasteiger partial charge in [-0.15, -0.1) is 6.58 Å². The quantitative estimate of drug-likeness (QED) is 0.772. The normalized spacial score (nSPS) is 43.8. The fraction of sp³-hybridized carbons (Fsp3) is 0.750. The molecule has 2 fully saturated rings. The minimum absolute atomic E-state index is 0.164. The molecule has 0 aromatic carbocycles. The summed E-state index contributed by atoms with van der Waals surface area (Å²) in [6, 6.07) is 0. The molecule has 1 N–H and O–H groups in total. The van der Waals surface area contributed by atoms with Crippen molar-refractivity contribution < 1.29 is 9.90 Å². The number of hydrogen-bond acceptors (Lipinski definition) is 2. The topological polar surface area (TPSA) is 37.3 Å². The van der Waals surface area contributed by atoms with Gasteiger partial charge in [0.2, 0.25) is 0 Å². The van der Waals surface area contributed by atoms with Crippen LogP contribution < -0.4 is 0 Å². The molecular weight excluding hydrogens is 272 g/mol. The number of Topliss-reactive ketones (excluding diaryl/α,β-unsaturated/α-hetero) is 1. The van der Waals surface area contributed by atoms with Gasteiger partial charge in [-0.2, -0.15) is 0 Å². The lowest BCUT2D eigenvalue weighted by molar-refractivity contribution is -0.145. The van der Waals surface area contributed by atoms with Crippen molar-refractivity contribution >= 4 is 5.78 Å². The Morgan fingerprint density at radius 3 is 2.64 bits per heavy atom.